The number of anilines is 1. The Balaban J connectivity index is 1.79. The van der Waals surface area contributed by atoms with Gasteiger partial charge in [0, 0.05) is 12.1 Å². The van der Waals surface area contributed by atoms with E-state index in [1.807, 2.05) is 55.5 Å². The monoisotopic (exact) mass is 440 g/mol. The topological polar surface area (TPSA) is 78.3 Å². The smallest absolute Gasteiger partial charge is 0.237 e. The summed E-state index contributed by atoms with van der Waals surface area (Å²) in [6, 6.07) is 15.1. The number of carbonyl (C=O) groups is 1. The highest BCUT2D eigenvalue weighted by molar-refractivity contribution is 8.00. The zero-order chi connectivity index (χ0) is 22.2. The number of rotatable bonds is 10. The lowest BCUT2D eigenvalue weighted by atomic mass is 10.2. The number of ether oxygens (including phenoxy) is 2. The van der Waals surface area contributed by atoms with Crippen molar-refractivity contribution in [1.82, 2.24) is 14.8 Å². The Bertz CT molecular complexity index is 1000. The van der Waals surface area contributed by atoms with E-state index in [2.05, 4.69) is 27.0 Å². The van der Waals surface area contributed by atoms with E-state index in [0.29, 0.717) is 11.4 Å². The van der Waals surface area contributed by atoms with E-state index in [-0.39, 0.29) is 11.2 Å². The van der Waals surface area contributed by atoms with E-state index in [1.165, 1.54) is 11.8 Å². The molecule has 0 aliphatic rings. The lowest BCUT2D eigenvalue weighted by molar-refractivity contribution is -0.115. The number of nitrogens with one attached hydrogen (secondary N) is 1. The summed E-state index contributed by atoms with van der Waals surface area (Å²) in [6.45, 7) is 4.79. The van der Waals surface area contributed by atoms with Crippen LogP contribution in [-0.2, 0) is 11.3 Å². The number of thioether (sulfide) groups is 1. The van der Waals surface area contributed by atoms with Gasteiger partial charge in [-0.05, 0) is 49.7 Å². The molecule has 3 aromatic rings. The maximum atomic E-state index is 12.8. The third-order valence-corrected chi connectivity index (χ3v) is 5.90. The quantitative estimate of drug-likeness (QED) is 0.453. The molecule has 0 radical (unpaired) electrons. The number of unbranched alkanes of at least 4 members (excludes halogenated alkanes) is 1. The van der Waals surface area contributed by atoms with Crippen LogP contribution in [0, 0.1) is 0 Å². The molecule has 0 spiro atoms. The van der Waals surface area contributed by atoms with Crippen LogP contribution in [0.25, 0.3) is 11.4 Å². The molecule has 0 aliphatic heterocycles. The molecule has 1 amide bonds. The van der Waals surface area contributed by atoms with Crippen molar-refractivity contribution in [3.05, 3.63) is 48.5 Å². The highest BCUT2D eigenvalue weighted by atomic mass is 32.2. The highest BCUT2D eigenvalue weighted by Gasteiger charge is 2.21. The van der Waals surface area contributed by atoms with E-state index in [4.69, 9.17) is 9.47 Å². The molecule has 0 bridgehead atoms. The molecule has 1 N–H and O–H groups in total. The van der Waals surface area contributed by atoms with Crippen molar-refractivity contribution in [2.45, 2.75) is 43.6 Å². The summed E-state index contributed by atoms with van der Waals surface area (Å²) >= 11 is 1.40. The first-order valence-electron chi connectivity index (χ1n) is 10.3. The van der Waals surface area contributed by atoms with E-state index in [0.717, 1.165) is 41.7 Å². The number of hydrogen-bond donors (Lipinski definition) is 1. The van der Waals surface area contributed by atoms with Gasteiger partial charge in [0.1, 0.15) is 11.5 Å². The summed E-state index contributed by atoms with van der Waals surface area (Å²) in [6.07, 6.45) is 2.05. The lowest BCUT2D eigenvalue weighted by Crippen LogP contribution is -2.23. The fourth-order valence-electron chi connectivity index (χ4n) is 3.04. The van der Waals surface area contributed by atoms with Gasteiger partial charge in [0.25, 0.3) is 0 Å². The molecule has 2 aromatic carbocycles. The molecule has 0 saturated carbocycles. The Labute approximate surface area is 187 Å². The summed E-state index contributed by atoms with van der Waals surface area (Å²) in [5.74, 6) is 2.09. The third-order valence-electron chi connectivity index (χ3n) is 4.82. The predicted octanol–water partition coefficient (Wildman–Crippen LogP) is 4.88. The minimum Gasteiger partial charge on any atom is -0.497 e. The van der Waals surface area contributed by atoms with Gasteiger partial charge >= 0.3 is 0 Å². The van der Waals surface area contributed by atoms with Gasteiger partial charge in [-0.25, -0.2) is 0 Å². The molecule has 8 heteroatoms. The van der Waals surface area contributed by atoms with E-state index < -0.39 is 0 Å². The van der Waals surface area contributed by atoms with Crippen LogP contribution in [0.15, 0.2) is 53.7 Å². The van der Waals surface area contributed by atoms with Gasteiger partial charge in [-0.3, -0.25) is 4.79 Å². The van der Waals surface area contributed by atoms with Gasteiger partial charge in [0.15, 0.2) is 11.0 Å². The number of aromatic nitrogens is 3. The highest BCUT2D eigenvalue weighted by Crippen LogP contribution is 2.30. The van der Waals surface area contributed by atoms with Crippen molar-refractivity contribution < 1.29 is 14.3 Å². The van der Waals surface area contributed by atoms with Crippen molar-refractivity contribution in [3.63, 3.8) is 0 Å². The summed E-state index contributed by atoms with van der Waals surface area (Å²) in [4.78, 5) is 12.8. The van der Waals surface area contributed by atoms with Crippen LogP contribution >= 0.6 is 11.8 Å². The van der Waals surface area contributed by atoms with Gasteiger partial charge in [0.2, 0.25) is 5.91 Å². The van der Waals surface area contributed by atoms with Crippen molar-refractivity contribution in [3.8, 4) is 22.9 Å². The van der Waals surface area contributed by atoms with Gasteiger partial charge in [-0.15, -0.1) is 10.2 Å². The first kappa shape index (κ1) is 22.7. The standard InChI is InChI=1S/C23H28N4O3S/c1-5-6-15-27-21(17-11-13-18(29-3)14-12-17)25-26-23(27)31-16(2)22(28)24-19-9-7-8-10-20(19)30-4/h7-14,16H,5-6,15H2,1-4H3,(H,24,28). The molecule has 1 aromatic heterocycles. The molecule has 1 atom stereocenters. The molecule has 1 unspecified atom stereocenters. The number of nitrogens with zero attached hydrogens (tertiary/aromatic N) is 3. The van der Waals surface area contributed by atoms with E-state index in [1.54, 1.807) is 14.2 Å². The van der Waals surface area contributed by atoms with Gasteiger partial charge in [-0.2, -0.15) is 0 Å². The summed E-state index contributed by atoms with van der Waals surface area (Å²) < 4.78 is 12.7. The molecule has 31 heavy (non-hydrogen) atoms. The average Bonchev–Trinajstić information content (AvgIpc) is 3.20. The number of benzene rings is 2. The van der Waals surface area contributed by atoms with Crippen LogP contribution < -0.4 is 14.8 Å². The maximum absolute atomic E-state index is 12.8. The minimum absolute atomic E-state index is 0.120. The largest absolute Gasteiger partial charge is 0.497 e. The van der Waals surface area contributed by atoms with Crippen LogP contribution in [0.1, 0.15) is 26.7 Å². The maximum Gasteiger partial charge on any atom is 0.237 e. The van der Waals surface area contributed by atoms with Gasteiger partial charge in [0.05, 0.1) is 25.2 Å². The first-order chi connectivity index (χ1) is 15.1. The molecule has 164 valence electrons. The predicted molar refractivity (Wildman–Crippen MR) is 124 cm³/mol. The second kappa shape index (κ2) is 10.9. The van der Waals surface area contributed by atoms with Crippen LogP contribution in [0.5, 0.6) is 11.5 Å². The van der Waals surface area contributed by atoms with Crippen molar-refractivity contribution in [2.75, 3.05) is 19.5 Å². The lowest BCUT2D eigenvalue weighted by Gasteiger charge is -2.15. The van der Waals surface area contributed by atoms with Crippen LogP contribution in [0.2, 0.25) is 0 Å². The number of amides is 1. The van der Waals surface area contributed by atoms with E-state index >= 15 is 0 Å². The fourth-order valence-corrected chi connectivity index (χ4v) is 3.92. The molecule has 1 heterocycles. The van der Waals surface area contributed by atoms with Crippen LogP contribution in [0.3, 0.4) is 0 Å². The number of carbonyl (C=O) groups excluding carboxylic acids is 1. The average molecular weight is 441 g/mol. The Morgan fingerprint density at radius 2 is 1.84 bits per heavy atom. The Hall–Kier alpha value is -3.00. The zero-order valence-corrected chi connectivity index (χ0v) is 19.1. The van der Waals surface area contributed by atoms with E-state index in [9.17, 15) is 4.79 Å². The van der Waals surface area contributed by atoms with Crippen molar-refractivity contribution >= 4 is 23.4 Å². The SMILES string of the molecule is CCCCn1c(SC(C)C(=O)Nc2ccccc2OC)nnc1-c1ccc(OC)cc1. The molecule has 0 saturated heterocycles. The third kappa shape index (κ3) is 5.58. The second-order valence-electron chi connectivity index (χ2n) is 6.99. The normalized spacial score (nSPS) is 11.7. The molecule has 0 aliphatic carbocycles. The summed E-state index contributed by atoms with van der Waals surface area (Å²) in [7, 11) is 3.23. The fraction of sp³-hybridized carbons (Fsp3) is 0.348. The summed E-state index contributed by atoms with van der Waals surface area (Å²) in [5, 5.41) is 12.1. The van der Waals surface area contributed by atoms with Crippen molar-refractivity contribution in [2.24, 2.45) is 0 Å². The van der Waals surface area contributed by atoms with Gasteiger partial charge in [-0.1, -0.05) is 37.2 Å². The molecule has 7 nitrogen and oxygen atoms in total. The molecular formula is C23H28N4O3S. The molecule has 0 fully saturated rings. The van der Waals surface area contributed by atoms with Crippen LogP contribution in [0.4, 0.5) is 5.69 Å². The first-order valence-corrected chi connectivity index (χ1v) is 11.1. The Kier molecular flexibility index (Phi) is 7.94. The molecule has 3 rings (SSSR count). The number of methoxy groups -OCH3 is 2. The summed E-state index contributed by atoms with van der Waals surface area (Å²) in [5.41, 5.74) is 1.61. The second-order valence-corrected chi connectivity index (χ2v) is 8.30. The Morgan fingerprint density at radius 1 is 1.10 bits per heavy atom. The van der Waals surface area contributed by atoms with Crippen molar-refractivity contribution in [1.29, 1.82) is 0 Å². The van der Waals surface area contributed by atoms with Gasteiger partial charge < -0.3 is 19.4 Å². The number of hydrogen-bond acceptors (Lipinski definition) is 6. The van der Waals surface area contributed by atoms with Crippen LogP contribution in [-0.4, -0.2) is 40.1 Å². The zero-order valence-electron chi connectivity index (χ0n) is 18.3. The molecular weight excluding hydrogens is 412 g/mol. The minimum atomic E-state index is -0.363. The number of para-hydroxylation sites is 2. The Morgan fingerprint density at radius 3 is 2.52 bits per heavy atom.